The SMILES string of the molecule is [CH2]c1ccccc1-c1nnnn1CC. The van der Waals surface area contributed by atoms with Gasteiger partial charge < -0.3 is 0 Å². The molecule has 1 radical (unpaired) electrons. The molecule has 0 saturated carbocycles. The van der Waals surface area contributed by atoms with Gasteiger partial charge in [-0.15, -0.1) is 5.10 Å². The Balaban J connectivity index is 2.54. The molecule has 1 heterocycles. The minimum atomic E-state index is 0.761. The quantitative estimate of drug-likeness (QED) is 0.716. The van der Waals surface area contributed by atoms with E-state index in [0.29, 0.717) is 0 Å². The van der Waals surface area contributed by atoms with E-state index in [9.17, 15) is 0 Å². The maximum absolute atomic E-state index is 3.98. The fourth-order valence-corrected chi connectivity index (χ4v) is 1.35. The third-order valence-corrected chi connectivity index (χ3v) is 2.09. The van der Waals surface area contributed by atoms with E-state index in [1.165, 1.54) is 0 Å². The summed E-state index contributed by atoms with van der Waals surface area (Å²) in [5, 5.41) is 11.5. The van der Waals surface area contributed by atoms with E-state index in [-0.39, 0.29) is 0 Å². The van der Waals surface area contributed by atoms with Gasteiger partial charge in [0, 0.05) is 12.1 Å². The average molecular weight is 187 g/mol. The van der Waals surface area contributed by atoms with Crippen molar-refractivity contribution in [2.24, 2.45) is 0 Å². The highest BCUT2D eigenvalue weighted by Gasteiger charge is 2.08. The molecule has 14 heavy (non-hydrogen) atoms. The molecule has 0 saturated heterocycles. The summed E-state index contributed by atoms with van der Waals surface area (Å²) < 4.78 is 1.75. The summed E-state index contributed by atoms with van der Waals surface area (Å²) >= 11 is 0. The second-order valence-electron chi connectivity index (χ2n) is 2.98. The Morgan fingerprint density at radius 1 is 1.36 bits per heavy atom. The fraction of sp³-hybridized carbons (Fsp3) is 0.200. The van der Waals surface area contributed by atoms with Crippen LogP contribution in [-0.2, 0) is 6.54 Å². The molecular formula is C10H11N4. The monoisotopic (exact) mass is 187 g/mol. The summed E-state index contributed by atoms with van der Waals surface area (Å²) in [4.78, 5) is 0. The van der Waals surface area contributed by atoms with Crippen LogP contribution in [0, 0.1) is 6.92 Å². The molecule has 1 aromatic heterocycles. The highest BCUT2D eigenvalue weighted by atomic mass is 15.5. The lowest BCUT2D eigenvalue weighted by Crippen LogP contribution is -2.00. The van der Waals surface area contributed by atoms with Crippen LogP contribution in [0.15, 0.2) is 24.3 Å². The van der Waals surface area contributed by atoms with Gasteiger partial charge in [0.25, 0.3) is 0 Å². The highest BCUT2D eigenvalue weighted by molar-refractivity contribution is 5.60. The Morgan fingerprint density at radius 2 is 2.14 bits per heavy atom. The van der Waals surface area contributed by atoms with Gasteiger partial charge in [-0.2, -0.15) is 0 Å². The van der Waals surface area contributed by atoms with Gasteiger partial charge in [0.15, 0.2) is 5.82 Å². The topological polar surface area (TPSA) is 43.6 Å². The van der Waals surface area contributed by atoms with Crippen LogP contribution >= 0.6 is 0 Å². The number of aromatic nitrogens is 4. The minimum Gasteiger partial charge on any atom is -0.226 e. The van der Waals surface area contributed by atoms with Crippen LogP contribution in [0.2, 0.25) is 0 Å². The van der Waals surface area contributed by atoms with Crippen molar-refractivity contribution >= 4 is 0 Å². The van der Waals surface area contributed by atoms with E-state index in [1.807, 2.05) is 31.2 Å². The first-order valence-corrected chi connectivity index (χ1v) is 4.50. The smallest absolute Gasteiger partial charge is 0.182 e. The second-order valence-corrected chi connectivity index (χ2v) is 2.98. The number of benzene rings is 1. The molecule has 1 aromatic carbocycles. The standard InChI is InChI=1S/C10H11N4/c1-3-14-10(11-12-13-14)9-7-5-4-6-8(9)2/h4-7H,2-3H2,1H3. The molecule has 2 aromatic rings. The van der Waals surface area contributed by atoms with Gasteiger partial charge in [0.05, 0.1) is 0 Å². The van der Waals surface area contributed by atoms with E-state index in [1.54, 1.807) is 4.68 Å². The van der Waals surface area contributed by atoms with Gasteiger partial charge in [-0.3, -0.25) is 0 Å². The van der Waals surface area contributed by atoms with E-state index in [2.05, 4.69) is 22.4 Å². The molecule has 0 aliphatic carbocycles. The number of hydrogen-bond acceptors (Lipinski definition) is 3. The lowest BCUT2D eigenvalue weighted by molar-refractivity contribution is 0.631. The molecule has 2 rings (SSSR count). The van der Waals surface area contributed by atoms with Crippen LogP contribution in [0.25, 0.3) is 11.4 Å². The molecule has 0 aliphatic rings. The maximum Gasteiger partial charge on any atom is 0.182 e. The van der Waals surface area contributed by atoms with E-state index >= 15 is 0 Å². The Morgan fingerprint density at radius 3 is 2.86 bits per heavy atom. The van der Waals surface area contributed by atoms with Gasteiger partial charge in [0.2, 0.25) is 0 Å². The van der Waals surface area contributed by atoms with E-state index in [4.69, 9.17) is 0 Å². The van der Waals surface area contributed by atoms with Gasteiger partial charge in [-0.1, -0.05) is 24.3 Å². The summed E-state index contributed by atoms with van der Waals surface area (Å²) in [6.45, 7) is 6.71. The molecule has 71 valence electrons. The maximum atomic E-state index is 3.98. The third kappa shape index (κ3) is 1.39. The molecule has 0 spiro atoms. The van der Waals surface area contributed by atoms with Gasteiger partial charge in [-0.25, -0.2) is 4.68 Å². The van der Waals surface area contributed by atoms with Crippen molar-refractivity contribution in [3.63, 3.8) is 0 Å². The number of hydrogen-bond donors (Lipinski definition) is 0. The number of aryl methyl sites for hydroxylation is 1. The molecule has 0 bridgehead atoms. The molecule has 4 heteroatoms. The Kier molecular flexibility index (Phi) is 2.26. The first-order chi connectivity index (χ1) is 6.83. The van der Waals surface area contributed by atoms with Crippen molar-refractivity contribution in [1.82, 2.24) is 20.2 Å². The first kappa shape index (κ1) is 8.87. The van der Waals surface area contributed by atoms with Crippen LogP contribution in [0.5, 0.6) is 0 Å². The second kappa shape index (κ2) is 3.57. The Bertz CT molecular complexity index is 433. The van der Waals surface area contributed by atoms with Crippen LogP contribution in [-0.4, -0.2) is 20.2 Å². The zero-order chi connectivity index (χ0) is 9.97. The van der Waals surface area contributed by atoms with Crippen molar-refractivity contribution in [1.29, 1.82) is 0 Å². The summed E-state index contributed by atoms with van der Waals surface area (Å²) in [5.74, 6) is 0.776. The van der Waals surface area contributed by atoms with E-state index in [0.717, 1.165) is 23.5 Å². The predicted octanol–water partition coefficient (Wildman–Crippen LogP) is 1.54. The summed E-state index contributed by atoms with van der Waals surface area (Å²) in [6, 6.07) is 7.83. The molecule has 4 nitrogen and oxygen atoms in total. The van der Waals surface area contributed by atoms with Gasteiger partial charge in [-0.05, 0) is 29.8 Å². The predicted molar refractivity (Wildman–Crippen MR) is 53.4 cm³/mol. The largest absolute Gasteiger partial charge is 0.226 e. The molecule has 0 N–H and O–H groups in total. The molecule has 0 atom stereocenters. The minimum absolute atomic E-state index is 0.761. The summed E-state index contributed by atoms with van der Waals surface area (Å²) in [6.07, 6.45) is 0. The average Bonchev–Trinajstić information content (AvgIpc) is 2.66. The number of rotatable bonds is 2. The zero-order valence-corrected chi connectivity index (χ0v) is 8.01. The van der Waals surface area contributed by atoms with Crippen LogP contribution in [0.1, 0.15) is 12.5 Å². The lowest BCUT2D eigenvalue weighted by Gasteiger charge is -2.03. The van der Waals surface area contributed by atoms with Gasteiger partial charge in [0.1, 0.15) is 0 Å². The lowest BCUT2D eigenvalue weighted by atomic mass is 10.1. The van der Waals surface area contributed by atoms with Crippen molar-refractivity contribution in [2.75, 3.05) is 0 Å². The van der Waals surface area contributed by atoms with Crippen LogP contribution in [0.3, 0.4) is 0 Å². The molecule has 0 amide bonds. The summed E-state index contributed by atoms with van der Waals surface area (Å²) in [7, 11) is 0. The fourth-order valence-electron chi connectivity index (χ4n) is 1.35. The normalized spacial score (nSPS) is 10.4. The zero-order valence-electron chi connectivity index (χ0n) is 8.01. The van der Waals surface area contributed by atoms with Gasteiger partial charge >= 0.3 is 0 Å². The summed E-state index contributed by atoms with van der Waals surface area (Å²) in [5.41, 5.74) is 1.93. The molecular weight excluding hydrogens is 176 g/mol. The van der Waals surface area contributed by atoms with E-state index < -0.39 is 0 Å². The Hall–Kier alpha value is -1.71. The Labute approximate surface area is 82.6 Å². The highest BCUT2D eigenvalue weighted by Crippen LogP contribution is 2.19. The first-order valence-electron chi connectivity index (χ1n) is 4.50. The number of nitrogens with zero attached hydrogens (tertiary/aromatic N) is 4. The third-order valence-electron chi connectivity index (χ3n) is 2.09. The van der Waals surface area contributed by atoms with Crippen LogP contribution < -0.4 is 0 Å². The molecule has 0 aliphatic heterocycles. The van der Waals surface area contributed by atoms with Crippen molar-refractivity contribution in [3.05, 3.63) is 36.8 Å². The van der Waals surface area contributed by atoms with Crippen molar-refractivity contribution < 1.29 is 0 Å². The molecule has 0 fully saturated rings. The van der Waals surface area contributed by atoms with Crippen molar-refractivity contribution in [2.45, 2.75) is 13.5 Å². The van der Waals surface area contributed by atoms with Crippen molar-refractivity contribution in [3.8, 4) is 11.4 Å². The number of tetrazole rings is 1. The molecule has 0 unspecified atom stereocenters. The van der Waals surface area contributed by atoms with Crippen LogP contribution in [0.4, 0.5) is 0 Å².